The van der Waals surface area contributed by atoms with Crippen molar-refractivity contribution in [1.29, 1.82) is 0 Å². The van der Waals surface area contributed by atoms with Crippen LogP contribution in [0.2, 0.25) is 0 Å². The Kier molecular flexibility index (Phi) is 4.98. The molecule has 1 N–H and O–H groups in total. The molecule has 0 spiro atoms. The van der Waals surface area contributed by atoms with E-state index in [1.807, 2.05) is 0 Å². The number of hydrogen-bond donors (Lipinski definition) is 1. The fourth-order valence-electron chi connectivity index (χ4n) is 3.50. The summed E-state index contributed by atoms with van der Waals surface area (Å²) < 4.78 is 22.3. The topological polar surface area (TPSA) is 96.0 Å². The van der Waals surface area contributed by atoms with Crippen molar-refractivity contribution >= 4 is 38.5 Å². The van der Waals surface area contributed by atoms with Crippen molar-refractivity contribution in [2.24, 2.45) is 0 Å². The molecule has 0 saturated carbocycles. The monoisotopic (exact) mass is 472 g/mol. The number of nitrogens with zero attached hydrogens (tertiary/aromatic N) is 1. The Hall–Kier alpha value is -3.33. The second-order valence-electron chi connectivity index (χ2n) is 6.41. The summed E-state index contributed by atoms with van der Waals surface area (Å²) in [5, 5.41) is 3.45. The van der Waals surface area contributed by atoms with Gasteiger partial charge in [0.05, 0.1) is 39.7 Å². The molecule has 0 bridgehead atoms. The van der Waals surface area contributed by atoms with Gasteiger partial charge in [-0.05, 0) is 40.2 Å². The summed E-state index contributed by atoms with van der Waals surface area (Å²) in [6.07, 6.45) is 0. The Bertz CT molecular complexity index is 1220. The number of carbonyl (C=O) groups excluding carboxylic acids is 2. The van der Waals surface area contributed by atoms with Crippen LogP contribution < -0.4 is 24.3 Å². The van der Waals surface area contributed by atoms with Crippen molar-refractivity contribution in [3.8, 4) is 34.3 Å². The minimum Gasteiger partial charge on any atom is -0.493 e. The third-order valence-corrected chi connectivity index (χ3v) is 5.56. The lowest BCUT2D eigenvalue weighted by Gasteiger charge is -2.16. The van der Waals surface area contributed by atoms with Crippen molar-refractivity contribution in [2.75, 3.05) is 28.4 Å². The van der Waals surface area contributed by atoms with Crippen LogP contribution in [-0.4, -0.2) is 45.2 Å². The third-order valence-electron chi connectivity index (χ3n) is 4.91. The normalized spacial score (nSPS) is 12.6. The van der Waals surface area contributed by atoms with E-state index in [2.05, 4.69) is 26.2 Å². The van der Waals surface area contributed by atoms with Crippen molar-refractivity contribution in [2.45, 2.75) is 0 Å². The second-order valence-corrected chi connectivity index (χ2v) is 7.26. The van der Waals surface area contributed by atoms with E-state index in [1.54, 1.807) is 31.4 Å². The Labute approximate surface area is 180 Å². The molecule has 0 atom stereocenters. The number of fused-ring (bicyclic) bond motifs is 3. The molecule has 3 aromatic rings. The van der Waals surface area contributed by atoms with Gasteiger partial charge >= 0.3 is 0 Å². The molecule has 4 rings (SSSR count). The van der Waals surface area contributed by atoms with Gasteiger partial charge in [0.15, 0.2) is 23.0 Å². The summed E-state index contributed by atoms with van der Waals surface area (Å²) in [4.78, 5) is 29.4. The minimum absolute atomic E-state index is 0.0522. The number of pyridine rings is 1. The molecule has 1 aromatic heterocycles. The minimum atomic E-state index is -0.551. The maximum Gasteiger partial charge on any atom is 0.277 e. The van der Waals surface area contributed by atoms with Crippen LogP contribution in [-0.2, 0) is 0 Å². The Morgan fingerprint density at radius 3 is 1.87 bits per heavy atom. The molecule has 9 heteroatoms. The number of benzene rings is 2. The number of nitrogens with one attached hydrogen (secondary N) is 1. The van der Waals surface area contributed by atoms with Gasteiger partial charge in [-0.1, -0.05) is 0 Å². The van der Waals surface area contributed by atoms with Gasteiger partial charge in [-0.25, -0.2) is 4.98 Å². The third kappa shape index (κ3) is 2.93. The SMILES string of the molecule is COc1cc(Br)c(-c2nc3c(c4cc(OC)c(OC)cc24)C(=O)NC3=O)cc1OC. The van der Waals surface area contributed by atoms with Gasteiger partial charge in [0.1, 0.15) is 5.69 Å². The van der Waals surface area contributed by atoms with Gasteiger partial charge in [-0.2, -0.15) is 0 Å². The van der Waals surface area contributed by atoms with Gasteiger partial charge in [0, 0.05) is 20.8 Å². The smallest absolute Gasteiger partial charge is 0.277 e. The fraction of sp³-hybridized carbons (Fsp3) is 0.190. The number of aromatic nitrogens is 1. The summed E-state index contributed by atoms with van der Waals surface area (Å²) >= 11 is 3.55. The van der Waals surface area contributed by atoms with Gasteiger partial charge in [-0.15, -0.1) is 0 Å². The highest BCUT2D eigenvalue weighted by Gasteiger charge is 2.33. The summed E-state index contributed by atoms with van der Waals surface area (Å²) in [6, 6.07) is 6.91. The first-order valence-electron chi connectivity index (χ1n) is 8.80. The fourth-order valence-corrected chi connectivity index (χ4v) is 4.01. The molecule has 2 heterocycles. The number of ether oxygens (including phenoxy) is 4. The lowest BCUT2D eigenvalue weighted by Crippen LogP contribution is -2.20. The van der Waals surface area contributed by atoms with E-state index in [1.165, 1.54) is 21.3 Å². The number of halogens is 1. The highest BCUT2D eigenvalue weighted by Crippen LogP contribution is 2.44. The summed E-state index contributed by atoms with van der Waals surface area (Å²) in [7, 11) is 6.10. The predicted molar refractivity (Wildman–Crippen MR) is 113 cm³/mol. The number of carbonyl (C=O) groups is 2. The number of rotatable bonds is 5. The average Bonchev–Trinajstić information content (AvgIpc) is 3.05. The van der Waals surface area contributed by atoms with Crippen LogP contribution >= 0.6 is 15.9 Å². The molecule has 0 radical (unpaired) electrons. The molecular weight excluding hydrogens is 456 g/mol. The predicted octanol–water partition coefficient (Wildman–Crippen LogP) is 3.58. The Balaban J connectivity index is 2.14. The Morgan fingerprint density at radius 1 is 0.733 bits per heavy atom. The van der Waals surface area contributed by atoms with E-state index >= 15 is 0 Å². The number of hydrogen-bond acceptors (Lipinski definition) is 7. The lowest BCUT2D eigenvalue weighted by molar-refractivity contribution is 0.0878. The molecule has 8 nitrogen and oxygen atoms in total. The van der Waals surface area contributed by atoms with Crippen LogP contribution in [0.3, 0.4) is 0 Å². The summed E-state index contributed by atoms with van der Waals surface area (Å²) in [5.41, 5.74) is 1.38. The number of amides is 2. The summed E-state index contributed by atoms with van der Waals surface area (Å²) in [5.74, 6) is 0.873. The molecule has 0 unspecified atom stereocenters. The van der Waals surface area contributed by atoms with E-state index < -0.39 is 11.8 Å². The zero-order valence-corrected chi connectivity index (χ0v) is 18.2. The van der Waals surface area contributed by atoms with Crippen LogP contribution in [0.4, 0.5) is 0 Å². The van der Waals surface area contributed by atoms with Crippen molar-refractivity contribution < 1.29 is 28.5 Å². The zero-order valence-electron chi connectivity index (χ0n) is 16.6. The second kappa shape index (κ2) is 7.49. The average molecular weight is 473 g/mol. The standard InChI is InChI=1S/C21H17BrN2O6/c1-27-13-5-9-10(6-14(13)28-2)18(23-19-17(9)20(25)24-21(19)26)11-7-15(29-3)16(30-4)8-12(11)22/h5-8H,1-4H3,(H,24,25,26). The lowest BCUT2D eigenvalue weighted by atomic mass is 9.98. The largest absolute Gasteiger partial charge is 0.493 e. The molecule has 1 aliphatic heterocycles. The maximum atomic E-state index is 12.5. The van der Waals surface area contributed by atoms with Crippen LogP contribution in [0.25, 0.3) is 22.0 Å². The van der Waals surface area contributed by atoms with E-state index in [4.69, 9.17) is 18.9 Å². The van der Waals surface area contributed by atoms with E-state index in [9.17, 15) is 9.59 Å². The molecule has 0 saturated heterocycles. The van der Waals surface area contributed by atoms with Gasteiger partial charge in [-0.3, -0.25) is 14.9 Å². The molecule has 154 valence electrons. The highest BCUT2D eigenvalue weighted by molar-refractivity contribution is 9.10. The molecule has 2 aromatic carbocycles. The van der Waals surface area contributed by atoms with Crippen LogP contribution in [0.1, 0.15) is 20.8 Å². The maximum absolute atomic E-state index is 12.5. The zero-order chi connectivity index (χ0) is 21.6. The molecule has 2 amide bonds. The number of imide groups is 1. The Morgan fingerprint density at radius 2 is 1.27 bits per heavy atom. The molecule has 0 fully saturated rings. The van der Waals surface area contributed by atoms with E-state index in [0.29, 0.717) is 49.5 Å². The molecule has 30 heavy (non-hydrogen) atoms. The van der Waals surface area contributed by atoms with Gasteiger partial charge < -0.3 is 18.9 Å². The first kappa shape index (κ1) is 20.0. The van der Waals surface area contributed by atoms with Crippen LogP contribution in [0.5, 0.6) is 23.0 Å². The molecule has 0 aliphatic carbocycles. The van der Waals surface area contributed by atoms with Crippen molar-refractivity contribution in [3.63, 3.8) is 0 Å². The van der Waals surface area contributed by atoms with Gasteiger partial charge in [0.25, 0.3) is 11.8 Å². The first-order chi connectivity index (χ1) is 14.4. The first-order valence-corrected chi connectivity index (χ1v) is 9.60. The number of methoxy groups -OCH3 is 4. The van der Waals surface area contributed by atoms with E-state index in [-0.39, 0.29) is 11.3 Å². The molecule has 1 aliphatic rings. The van der Waals surface area contributed by atoms with Gasteiger partial charge in [0.2, 0.25) is 0 Å². The van der Waals surface area contributed by atoms with Crippen LogP contribution in [0.15, 0.2) is 28.7 Å². The highest BCUT2D eigenvalue weighted by atomic mass is 79.9. The quantitative estimate of drug-likeness (QED) is 0.566. The van der Waals surface area contributed by atoms with Crippen molar-refractivity contribution in [3.05, 3.63) is 40.0 Å². The molecular formula is C21H17BrN2O6. The summed E-state index contributed by atoms with van der Waals surface area (Å²) in [6.45, 7) is 0. The van der Waals surface area contributed by atoms with E-state index in [0.717, 1.165) is 0 Å². The van der Waals surface area contributed by atoms with Crippen LogP contribution in [0, 0.1) is 0 Å². The van der Waals surface area contributed by atoms with Crippen molar-refractivity contribution in [1.82, 2.24) is 10.3 Å².